The van der Waals surface area contributed by atoms with Gasteiger partial charge in [0.15, 0.2) is 12.4 Å². The fraction of sp³-hybridized carbons (Fsp3) is 0.286. The van der Waals surface area contributed by atoms with E-state index in [0.717, 1.165) is 5.56 Å². The van der Waals surface area contributed by atoms with Crippen molar-refractivity contribution in [3.05, 3.63) is 59.9 Å². The zero-order valence-electron chi connectivity index (χ0n) is 16.4. The molecule has 1 aliphatic heterocycles. The number of hydrazone groups is 1. The van der Waals surface area contributed by atoms with Crippen LogP contribution < -0.4 is 15.5 Å². The fourth-order valence-corrected chi connectivity index (χ4v) is 2.70. The summed E-state index contributed by atoms with van der Waals surface area (Å²) in [6.45, 7) is 2.45. The minimum Gasteiger partial charge on any atom is -0.484 e. The first-order valence-electron chi connectivity index (χ1n) is 9.30. The molecule has 158 valence electrons. The lowest BCUT2D eigenvalue weighted by Crippen LogP contribution is -2.33. The molecule has 2 aromatic carbocycles. The topological polar surface area (TPSA) is 98.2 Å². The highest BCUT2D eigenvalue weighted by Crippen LogP contribution is 2.22. The second kappa shape index (κ2) is 9.95. The number of ether oxygens (including phenoxy) is 3. The van der Waals surface area contributed by atoms with E-state index < -0.39 is 5.79 Å². The Morgan fingerprint density at radius 2 is 1.77 bits per heavy atom. The summed E-state index contributed by atoms with van der Waals surface area (Å²) in [5.74, 6) is -1.46. The number of nitrogens with one attached hydrogen (secondary N) is 2. The predicted octanol–water partition coefficient (Wildman–Crippen LogP) is 2.45. The lowest BCUT2D eigenvalue weighted by Gasteiger charge is -2.20. The van der Waals surface area contributed by atoms with Crippen molar-refractivity contribution in [3.8, 4) is 5.75 Å². The summed E-state index contributed by atoms with van der Waals surface area (Å²) in [6, 6.07) is 12.3. The zero-order valence-corrected chi connectivity index (χ0v) is 16.4. The number of carbonyl (C=O) groups excluding carboxylic acids is 2. The molecule has 1 aliphatic rings. The second-order valence-corrected chi connectivity index (χ2v) is 6.71. The van der Waals surface area contributed by atoms with Crippen LogP contribution in [-0.2, 0) is 19.1 Å². The van der Waals surface area contributed by atoms with E-state index in [2.05, 4.69) is 15.8 Å². The quantitative estimate of drug-likeness (QED) is 0.510. The van der Waals surface area contributed by atoms with E-state index >= 15 is 0 Å². The van der Waals surface area contributed by atoms with Crippen molar-refractivity contribution >= 4 is 23.7 Å². The molecule has 30 heavy (non-hydrogen) atoms. The van der Waals surface area contributed by atoms with Crippen LogP contribution in [0.2, 0.25) is 0 Å². The van der Waals surface area contributed by atoms with Crippen molar-refractivity contribution in [2.24, 2.45) is 5.10 Å². The summed E-state index contributed by atoms with van der Waals surface area (Å²) in [6.07, 6.45) is 1.54. The molecule has 0 bridgehead atoms. The number of amides is 2. The van der Waals surface area contributed by atoms with E-state index in [0.29, 0.717) is 24.7 Å². The molecule has 0 radical (unpaired) electrons. The van der Waals surface area contributed by atoms with Gasteiger partial charge in [-0.15, -0.1) is 0 Å². The van der Waals surface area contributed by atoms with E-state index in [1.165, 1.54) is 30.5 Å². The summed E-state index contributed by atoms with van der Waals surface area (Å²) >= 11 is 0. The smallest absolute Gasteiger partial charge is 0.262 e. The number of nitrogens with zero attached hydrogens (tertiary/aromatic N) is 1. The Bertz CT molecular complexity index is 894. The molecule has 0 aromatic heterocycles. The van der Waals surface area contributed by atoms with Gasteiger partial charge in [-0.05, 0) is 61.0 Å². The van der Waals surface area contributed by atoms with E-state index in [-0.39, 0.29) is 30.7 Å². The SMILES string of the molecule is CC1(CC(=O)N/N=C\c2ccc(OCC(=O)Nc3ccc(F)cc3)cc2)OCCO1. The molecule has 0 spiro atoms. The molecule has 1 saturated heterocycles. The number of benzene rings is 2. The molecule has 9 heteroatoms. The van der Waals surface area contributed by atoms with Gasteiger partial charge in [-0.25, -0.2) is 9.82 Å². The van der Waals surface area contributed by atoms with Gasteiger partial charge in [0.2, 0.25) is 5.91 Å². The maximum absolute atomic E-state index is 12.9. The lowest BCUT2D eigenvalue weighted by atomic mass is 10.2. The third-order valence-electron chi connectivity index (χ3n) is 4.16. The van der Waals surface area contributed by atoms with Crippen LogP contribution in [0.15, 0.2) is 53.6 Å². The molecule has 2 aromatic rings. The van der Waals surface area contributed by atoms with Gasteiger partial charge < -0.3 is 19.5 Å². The van der Waals surface area contributed by atoms with Crippen LogP contribution >= 0.6 is 0 Å². The van der Waals surface area contributed by atoms with Gasteiger partial charge in [0.05, 0.1) is 25.8 Å². The van der Waals surface area contributed by atoms with Crippen LogP contribution in [0.1, 0.15) is 18.9 Å². The van der Waals surface area contributed by atoms with Crippen LogP contribution in [0.3, 0.4) is 0 Å². The first kappa shape index (κ1) is 21.4. The van der Waals surface area contributed by atoms with Gasteiger partial charge in [-0.1, -0.05) is 0 Å². The number of halogens is 1. The summed E-state index contributed by atoms with van der Waals surface area (Å²) in [4.78, 5) is 23.8. The molecule has 2 amide bonds. The van der Waals surface area contributed by atoms with Crippen molar-refractivity contribution in [3.63, 3.8) is 0 Å². The van der Waals surface area contributed by atoms with Crippen LogP contribution in [-0.4, -0.2) is 43.6 Å². The van der Waals surface area contributed by atoms with Crippen LogP contribution in [0.4, 0.5) is 10.1 Å². The first-order chi connectivity index (χ1) is 14.4. The number of hydrogen-bond acceptors (Lipinski definition) is 6. The van der Waals surface area contributed by atoms with E-state index in [1.54, 1.807) is 31.2 Å². The van der Waals surface area contributed by atoms with Crippen LogP contribution in [0.5, 0.6) is 5.75 Å². The molecular formula is C21H22FN3O5. The lowest BCUT2D eigenvalue weighted by molar-refractivity contribution is -0.159. The molecule has 1 heterocycles. The van der Waals surface area contributed by atoms with E-state index in [4.69, 9.17) is 14.2 Å². The minimum atomic E-state index is -0.901. The molecule has 2 N–H and O–H groups in total. The Labute approximate surface area is 173 Å². The van der Waals surface area contributed by atoms with Gasteiger partial charge >= 0.3 is 0 Å². The van der Waals surface area contributed by atoms with Crippen LogP contribution in [0, 0.1) is 5.82 Å². The maximum atomic E-state index is 12.9. The molecule has 0 saturated carbocycles. The Morgan fingerprint density at radius 3 is 2.43 bits per heavy atom. The average Bonchev–Trinajstić information content (AvgIpc) is 3.15. The van der Waals surface area contributed by atoms with Gasteiger partial charge in [0, 0.05) is 5.69 Å². The molecular weight excluding hydrogens is 393 g/mol. The number of hydrogen-bond donors (Lipinski definition) is 2. The highest BCUT2D eigenvalue weighted by Gasteiger charge is 2.33. The van der Waals surface area contributed by atoms with E-state index in [9.17, 15) is 14.0 Å². The Hall–Kier alpha value is -3.30. The van der Waals surface area contributed by atoms with Crippen molar-refractivity contribution in [1.29, 1.82) is 0 Å². The highest BCUT2D eigenvalue weighted by atomic mass is 19.1. The normalized spacial score (nSPS) is 15.1. The van der Waals surface area contributed by atoms with Crippen LogP contribution in [0.25, 0.3) is 0 Å². The molecule has 3 rings (SSSR count). The van der Waals surface area contributed by atoms with Gasteiger partial charge in [0.1, 0.15) is 11.6 Å². The Balaban J connectivity index is 1.40. The average molecular weight is 415 g/mol. The Morgan fingerprint density at radius 1 is 1.10 bits per heavy atom. The maximum Gasteiger partial charge on any atom is 0.262 e. The third-order valence-corrected chi connectivity index (χ3v) is 4.16. The standard InChI is InChI=1S/C21H22FN3O5/c1-21(29-10-11-30-21)12-19(26)25-23-13-15-2-8-18(9-3-15)28-14-20(27)24-17-6-4-16(22)5-7-17/h2-9,13H,10-12,14H2,1H3,(H,24,27)(H,25,26)/b23-13-. The van der Waals surface area contributed by atoms with Gasteiger partial charge in [0.25, 0.3) is 5.91 Å². The van der Waals surface area contributed by atoms with Gasteiger partial charge in [-0.2, -0.15) is 5.10 Å². The number of carbonyl (C=O) groups is 2. The summed E-state index contributed by atoms with van der Waals surface area (Å²) < 4.78 is 29.0. The zero-order chi connectivity index (χ0) is 21.4. The van der Waals surface area contributed by atoms with Crippen molar-refractivity contribution in [2.45, 2.75) is 19.1 Å². The monoisotopic (exact) mass is 415 g/mol. The summed E-state index contributed by atoms with van der Waals surface area (Å²) in [5.41, 5.74) is 3.65. The molecule has 0 unspecified atom stereocenters. The fourth-order valence-electron chi connectivity index (χ4n) is 2.70. The summed E-state index contributed by atoms with van der Waals surface area (Å²) in [7, 11) is 0. The van der Waals surface area contributed by atoms with Gasteiger partial charge in [-0.3, -0.25) is 9.59 Å². The van der Waals surface area contributed by atoms with Crippen molar-refractivity contribution in [1.82, 2.24) is 5.43 Å². The highest BCUT2D eigenvalue weighted by molar-refractivity contribution is 5.91. The number of rotatable bonds is 8. The first-order valence-corrected chi connectivity index (χ1v) is 9.30. The third kappa shape index (κ3) is 6.64. The largest absolute Gasteiger partial charge is 0.484 e. The Kier molecular flexibility index (Phi) is 7.10. The van der Waals surface area contributed by atoms with Crippen molar-refractivity contribution in [2.75, 3.05) is 25.1 Å². The molecule has 0 atom stereocenters. The minimum absolute atomic E-state index is 0.0527. The second-order valence-electron chi connectivity index (χ2n) is 6.71. The van der Waals surface area contributed by atoms with E-state index in [1.807, 2.05) is 0 Å². The number of anilines is 1. The summed E-state index contributed by atoms with van der Waals surface area (Å²) in [5, 5.41) is 6.51. The predicted molar refractivity (Wildman–Crippen MR) is 108 cm³/mol. The molecule has 0 aliphatic carbocycles. The van der Waals surface area contributed by atoms with Crippen molar-refractivity contribution < 1.29 is 28.2 Å². The molecule has 1 fully saturated rings. The molecule has 8 nitrogen and oxygen atoms in total.